The summed E-state index contributed by atoms with van der Waals surface area (Å²) in [6.07, 6.45) is -4.69. The third-order valence-corrected chi connectivity index (χ3v) is 5.44. The first-order valence-corrected chi connectivity index (χ1v) is 9.23. The average molecular weight is 439 g/mol. The van der Waals surface area contributed by atoms with Gasteiger partial charge in [-0.15, -0.1) is 0 Å². The van der Waals surface area contributed by atoms with Crippen LogP contribution in [0.5, 0.6) is 0 Å². The summed E-state index contributed by atoms with van der Waals surface area (Å²) in [5.41, 5.74) is -3.59. The molecule has 1 aromatic carbocycles. The van der Waals surface area contributed by atoms with Crippen molar-refractivity contribution >= 4 is 29.4 Å². The molecule has 3 heterocycles. The highest BCUT2D eigenvalue weighted by Gasteiger charge is 2.72. The van der Waals surface area contributed by atoms with Crippen LogP contribution >= 0.6 is 0 Å². The number of fused-ring (bicyclic) bond motifs is 5. The van der Waals surface area contributed by atoms with E-state index in [0.717, 1.165) is 32.0 Å². The maximum atomic E-state index is 13.5. The maximum Gasteiger partial charge on any atom is 0.418 e. The van der Waals surface area contributed by atoms with E-state index in [9.17, 15) is 32.3 Å². The van der Waals surface area contributed by atoms with Crippen molar-refractivity contribution in [1.82, 2.24) is 0 Å². The molecule has 31 heavy (non-hydrogen) atoms. The van der Waals surface area contributed by atoms with Gasteiger partial charge in [-0.3, -0.25) is 19.2 Å². The molecule has 8 nitrogen and oxygen atoms in total. The van der Waals surface area contributed by atoms with E-state index in [0.29, 0.717) is 4.90 Å². The second kappa shape index (κ2) is 6.91. The molecule has 3 aliphatic heterocycles. The van der Waals surface area contributed by atoms with Crippen molar-refractivity contribution in [3.63, 3.8) is 0 Å². The first-order valence-electron chi connectivity index (χ1n) is 9.23. The van der Waals surface area contributed by atoms with E-state index in [1.54, 1.807) is 0 Å². The molecule has 1 aromatic rings. The van der Waals surface area contributed by atoms with Gasteiger partial charge in [0.25, 0.3) is 6.29 Å². The van der Waals surface area contributed by atoms with Crippen LogP contribution in [0.2, 0.25) is 0 Å². The minimum Gasteiger partial charge on any atom is -0.422 e. The normalized spacial score (nSPS) is 29.0. The molecule has 164 valence electrons. The third-order valence-electron chi connectivity index (χ3n) is 5.44. The van der Waals surface area contributed by atoms with Crippen LogP contribution < -0.4 is 4.90 Å². The molecule has 0 unspecified atom stereocenters. The van der Waals surface area contributed by atoms with E-state index in [-0.39, 0.29) is 0 Å². The lowest BCUT2D eigenvalue weighted by molar-refractivity contribution is -0.226. The summed E-state index contributed by atoms with van der Waals surface area (Å²) in [7, 11) is 0. The summed E-state index contributed by atoms with van der Waals surface area (Å²) in [6, 6.07) is 4.21. The van der Waals surface area contributed by atoms with Crippen molar-refractivity contribution in [1.29, 1.82) is 0 Å². The van der Waals surface area contributed by atoms with Crippen molar-refractivity contribution in [2.24, 2.45) is 11.8 Å². The second-order valence-electron chi connectivity index (χ2n) is 7.38. The van der Waals surface area contributed by atoms with E-state index in [2.05, 4.69) is 0 Å². The van der Waals surface area contributed by atoms with Crippen molar-refractivity contribution in [2.45, 2.75) is 38.0 Å². The van der Waals surface area contributed by atoms with Gasteiger partial charge in [0.05, 0.1) is 29.2 Å². The number of esters is 2. The van der Waals surface area contributed by atoms with E-state index >= 15 is 0 Å². The minimum atomic E-state index is -4.81. The van der Waals surface area contributed by atoms with Gasteiger partial charge in [-0.2, -0.15) is 13.2 Å². The topological polar surface area (TPSA) is 99.2 Å². The van der Waals surface area contributed by atoms with Gasteiger partial charge in [0.15, 0.2) is 5.60 Å². The summed E-state index contributed by atoms with van der Waals surface area (Å²) >= 11 is 0. The predicted octanol–water partition coefficient (Wildman–Crippen LogP) is 1.97. The maximum absolute atomic E-state index is 13.5. The number of alkyl halides is 3. The van der Waals surface area contributed by atoms with E-state index in [4.69, 9.17) is 14.2 Å². The number of ether oxygens (including phenoxy) is 3. The Hall–Kier alpha value is -3.21. The fourth-order valence-corrected chi connectivity index (χ4v) is 4.36. The number of nitrogens with zero attached hydrogens (tertiary/aromatic N) is 1. The van der Waals surface area contributed by atoms with Gasteiger partial charge in [0.1, 0.15) is 0 Å². The highest BCUT2D eigenvalue weighted by atomic mass is 19.4. The number of carbonyl (C=O) groups excluding carboxylic acids is 4. The highest BCUT2D eigenvalue weighted by Crippen LogP contribution is 2.55. The molecule has 3 aliphatic rings. The summed E-state index contributed by atoms with van der Waals surface area (Å²) in [5.74, 6) is -6.05. The number of anilines is 1. The van der Waals surface area contributed by atoms with E-state index in [1.165, 1.54) is 18.2 Å². The molecule has 2 bridgehead atoms. The van der Waals surface area contributed by atoms with Crippen LogP contribution in [0.4, 0.5) is 18.9 Å². The molecule has 2 saturated heterocycles. The van der Waals surface area contributed by atoms with E-state index < -0.39 is 71.0 Å². The quantitative estimate of drug-likeness (QED) is 0.306. The Bertz CT molecular complexity index is 1000. The molecule has 0 aromatic heterocycles. The van der Waals surface area contributed by atoms with Crippen molar-refractivity contribution in [3.05, 3.63) is 42.0 Å². The monoisotopic (exact) mass is 439 g/mol. The van der Waals surface area contributed by atoms with Gasteiger partial charge < -0.3 is 14.2 Å². The van der Waals surface area contributed by atoms with Gasteiger partial charge in [0, 0.05) is 13.8 Å². The first-order chi connectivity index (χ1) is 14.5. The van der Waals surface area contributed by atoms with Gasteiger partial charge >= 0.3 is 18.1 Å². The number of halogens is 3. The Morgan fingerprint density at radius 1 is 1.10 bits per heavy atom. The summed E-state index contributed by atoms with van der Waals surface area (Å²) in [6.45, 7) is 2.09. The van der Waals surface area contributed by atoms with Crippen LogP contribution in [0.25, 0.3) is 0 Å². The SMILES string of the molecule is CC(=O)OC(OC(C)=O)[C@@]12C=C[C@@H](O1)[C@H]1C(=O)N(c3ccccc3C(F)(F)F)C(=O)[C@H]12. The fraction of sp³-hybridized carbons (Fsp3) is 0.400. The molecule has 0 radical (unpaired) electrons. The number of amides is 2. The molecular weight excluding hydrogens is 423 g/mol. The Labute approximate surface area is 173 Å². The van der Waals surface area contributed by atoms with Crippen molar-refractivity contribution in [2.75, 3.05) is 4.90 Å². The number of hydrogen-bond acceptors (Lipinski definition) is 7. The predicted molar refractivity (Wildman–Crippen MR) is 95.0 cm³/mol. The summed E-state index contributed by atoms with van der Waals surface area (Å²) in [5, 5.41) is 0. The number of rotatable bonds is 4. The van der Waals surface area contributed by atoms with Crippen LogP contribution in [0.3, 0.4) is 0 Å². The Morgan fingerprint density at radius 2 is 1.71 bits per heavy atom. The minimum absolute atomic E-state index is 0.480. The summed E-state index contributed by atoms with van der Waals surface area (Å²) in [4.78, 5) is 50.0. The first kappa shape index (κ1) is 21.0. The van der Waals surface area contributed by atoms with E-state index in [1.807, 2.05) is 0 Å². The molecule has 0 N–H and O–H groups in total. The largest absolute Gasteiger partial charge is 0.422 e. The lowest BCUT2D eigenvalue weighted by atomic mass is 9.76. The molecule has 0 aliphatic carbocycles. The molecule has 4 rings (SSSR count). The Balaban J connectivity index is 1.79. The second-order valence-corrected chi connectivity index (χ2v) is 7.38. The van der Waals surface area contributed by atoms with Crippen LogP contribution in [-0.4, -0.2) is 41.7 Å². The van der Waals surface area contributed by atoms with Gasteiger partial charge in [-0.25, -0.2) is 4.90 Å². The smallest absolute Gasteiger partial charge is 0.418 e. The van der Waals surface area contributed by atoms with Crippen LogP contribution in [-0.2, 0) is 39.6 Å². The van der Waals surface area contributed by atoms with Crippen LogP contribution in [0.15, 0.2) is 36.4 Å². The highest BCUT2D eigenvalue weighted by molar-refractivity contribution is 6.23. The zero-order valence-corrected chi connectivity index (χ0v) is 16.2. The molecule has 0 spiro atoms. The molecule has 4 atom stereocenters. The lowest BCUT2D eigenvalue weighted by Crippen LogP contribution is -2.52. The molecular formula is C20H16F3NO7. The van der Waals surface area contributed by atoms with Gasteiger partial charge in [-0.05, 0) is 18.2 Å². The Morgan fingerprint density at radius 3 is 2.29 bits per heavy atom. The third kappa shape index (κ3) is 3.11. The zero-order valence-electron chi connectivity index (χ0n) is 16.2. The van der Waals surface area contributed by atoms with Crippen LogP contribution in [0, 0.1) is 11.8 Å². The molecule has 2 fully saturated rings. The van der Waals surface area contributed by atoms with Crippen LogP contribution in [0.1, 0.15) is 19.4 Å². The number of hydrogen-bond donors (Lipinski definition) is 0. The average Bonchev–Trinajstić information content (AvgIpc) is 3.31. The zero-order chi connectivity index (χ0) is 22.7. The molecule has 0 saturated carbocycles. The Kier molecular flexibility index (Phi) is 4.69. The number of benzene rings is 1. The van der Waals surface area contributed by atoms with Crippen molar-refractivity contribution < 1.29 is 46.6 Å². The van der Waals surface area contributed by atoms with Gasteiger partial charge in [0.2, 0.25) is 11.8 Å². The summed E-state index contributed by atoms with van der Waals surface area (Å²) < 4.78 is 56.4. The standard InChI is InChI=1S/C20H16F3NO7/c1-9(25)29-18(30-10(2)26)19-8-7-13(31-19)14-15(19)17(28)24(16(14)27)12-6-4-3-5-11(12)20(21,22)23/h3-8,13-15,18H,1-2H3/t13-,14-,15+,19+/m1/s1. The number of imide groups is 1. The molecule has 11 heteroatoms. The number of para-hydroxylation sites is 1. The fourth-order valence-electron chi connectivity index (χ4n) is 4.36. The van der Waals surface area contributed by atoms with Gasteiger partial charge in [-0.1, -0.05) is 18.2 Å². The molecule has 2 amide bonds. The lowest BCUT2D eigenvalue weighted by Gasteiger charge is -2.34. The van der Waals surface area contributed by atoms with Crippen molar-refractivity contribution in [3.8, 4) is 0 Å². The number of carbonyl (C=O) groups is 4.